The van der Waals surface area contributed by atoms with E-state index in [1.807, 2.05) is 29.1 Å². The number of sulfonamides is 1. The van der Waals surface area contributed by atoms with E-state index in [9.17, 15) is 18.0 Å². The van der Waals surface area contributed by atoms with Gasteiger partial charge in [0.25, 0.3) is 5.91 Å². The minimum absolute atomic E-state index is 0.249. The molecule has 0 unspecified atom stereocenters. The Morgan fingerprint density at radius 2 is 1.59 bits per heavy atom. The van der Waals surface area contributed by atoms with E-state index in [1.165, 1.54) is 9.21 Å². The van der Waals surface area contributed by atoms with E-state index in [0.29, 0.717) is 5.56 Å². The molecule has 0 radical (unpaired) electrons. The summed E-state index contributed by atoms with van der Waals surface area (Å²) in [5, 5.41) is 0. The van der Waals surface area contributed by atoms with Crippen molar-refractivity contribution in [2.24, 2.45) is 0 Å². The molecule has 2 heterocycles. The maximum Gasteiger partial charge on any atom is 0.338 e. The normalized spacial score (nSPS) is 15.5. The van der Waals surface area contributed by atoms with Gasteiger partial charge in [0.05, 0.1) is 11.8 Å². The lowest BCUT2D eigenvalue weighted by Crippen LogP contribution is -2.51. The fraction of sp³-hybridized carbons (Fsp3) is 0.333. The van der Waals surface area contributed by atoms with Crippen LogP contribution in [0.3, 0.4) is 0 Å². The van der Waals surface area contributed by atoms with Crippen molar-refractivity contribution >= 4 is 21.9 Å². The number of benzene rings is 1. The summed E-state index contributed by atoms with van der Waals surface area (Å²) in [6.45, 7) is 0.708. The van der Waals surface area contributed by atoms with Crippen molar-refractivity contribution in [3.05, 3.63) is 54.4 Å². The number of hydrogen-bond donors (Lipinski definition) is 0. The lowest BCUT2D eigenvalue weighted by atomic mass is 10.2. The number of aromatic nitrogens is 1. The van der Waals surface area contributed by atoms with Crippen molar-refractivity contribution in [1.82, 2.24) is 13.8 Å². The Bertz CT molecular complexity index is 899. The molecule has 144 valence electrons. The van der Waals surface area contributed by atoms with Crippen LogP contribution in [0.25, 0.3) is 5.69 Å². The Morgan fingerprint density at radius 1 is 1.00 bits per heavy atom. The Hall–Kier alpha value is -2.65. The van der Waals surface area contributed by atoms with Gasteiger partial charge in [-0.2, -0.15) is 4.31 Å². The zero-order chi connectivity index (χ0) is 19.4. The highest BCUT2D eigenvalue weighted by Gasteiger charge is 2.26. The summed E-state index contributed by atoms with van der Waals surface area (Å²) in [7, 11) is -3.25. The van der Waals surface area contributed by atoms with Gasteiger partial charge >= 0.3 is 5.97 Å². The number of nitrogens with zero attached hydrogens (tertiary/aromatic N) is 3. The summed E-state index contributed by atoms with van der Waals surface area (Å²) in [5.41, 5.74) is 1.27. The van der Waals surface area contributed by atoms with Crippen LogP contribution in [0.2, 0.25) is 0 Å². The highest BCUT2D eigenvalue weighted by Crippen LogP contribution is 2.11. The number of rotatable bonds is 5. The molecule has 9 heteroatoms. The quantitative estimate of drug-likeness (QED) is 0.702. The fourth-order valence-electron chi connectivity index (χ4n) is 2.85. The van der Waals surface area contributed by atoms with Crippen LogP contribution < -0.4 is 0 Å². The summed E-state index contributed by atoms with van der Waals surface area (Å²) in [4.78, 5) is 25.8. The van der Waals surface area contributed by atoms with Gasteiger partial charge in [0.2, 0.25) is 10.0 Å². The first-order valence-electron chi connectivity index (χ1n) is 8.48. The number of amides is 1. The van der Waals surface area contributed by atoms with Crippen LogP contribution in [-0.4, -0.2) is 73.1 Å². The van der Waals surface area contributed by atoms with Gasteiger partial charge in [-0.15, -0.1) is 0 Å². The first-order valence-corrected chi connectivity index (χ1v) is 10.3. The van der Waals surface area contributed by atoms with Gasteiger partial charge in [-0.3, -0.25) is 4.79 Å². The summed E-state index contributed by atoms with van der Waals surface area (Å²) in [5.74, 6) is -0.905. The third-order valence-electron chi connectivity index (χ3n) is 4.39. The molecule has 27 heavy (non-hydrogen) atoms. The average molecular weight is 391 g/mol. The predicted octanol–water partition coefficient (Wildman–Crippen LogP) is 0.738. The first kappa shape index (κ1) is 19.1. The zero-order valence-electron chi connectivity index (χ0n) is 14.9. The van der Waals surface area contributed by atoms with Crippen LogP contribution in [0.1, 0.15) is 10.4 Å². The van der Waals surface area contributed by atoms with E-state index in [2.05, 4.69) is 0 Å². The second-order valence-corrected chi connectivity index (χ2v) is 8.24. The van der Waals surface area contributed by atoms with E-state index in [4.69, 9.17) is 4.74 Å². The second-order valence-electron chi connectivity index (χ2n) is 6.26. The third-order valence-corrected chi connectivity index (χ3v) is 5.70. The summed E-state index contributed by atoms with van der Waals surface area (Å²) < 4.78 is 31.3. The molecule has 8 nitrogen and oxygen atoms in total. The van der Waals surface area contributed by atoms with Gasteiger partial charge in [0, 0.05) is 44.3 Å². The standard InChI is InChI=1S/C18H21N3O5S/c1-27(24,25)21-12-10-20(11-13-21)17(22)14-26-18(23)15-4-6-16(7-5-15)19-8-2-3-9-19/h2-9H,10-14H2,1H3. The smallest absolute Gasteiger partial charge is 0.338 e. The third kappa shape index (κ3) is 4.75. The summed E-state index contributed by atoms with van der Waals surface area (Å²) in [6.07, 6.45) is 4.94. The highest BCUT2D eigenvalue weighted by atomic mass is 32.2. The molecule has 1 aliphatic rings. The predicted molar refractivity (Wildman–Crippen MR) is 99.0 cm³/mol. The topological polar surface area (TPSA) is 88.9 Å². The van der Waals surface area contributed by atoms with Crippen LogP contribution in [0.4, 0.5) is 0 Å². The average Bonchev–Trinajstić information content (AvgIpc) is 3.20. The maximum atomic E-state index is 12.2. The molecule has 3 rings (SSSR count). The number of hydrogen-bond acceptors (Lipinski definition) is 5. The lowest BCUT2D eigenvalue weighted by Gasteiger charge is -2.33. The largest absolute Gasteiger partial charge is 0.452 e. The van der Waals surface area contributed by atoms with Crippen molar-refractivity contribution in [3.63, 3.8) is 0 Å². The molecule has 1 aromatic heterocycles. The molecule has 0 bridgehead atoms. The molecule has 0 atom stereocenters. The molecule has 2 aromatic rings. The Morgan fingerprint density at radius 3 is 2.15 bits per heavy atom. The van der Waals surface area contributed by atoms with Gasteiger partial charge in [0.15, 0.2) is 6.61 Å². The molecule has 0 spiro atoms. The molecule has 0 aliphatic carbocycles. The molecule has 0 saturated carbocycles. The van der Waals surface area contributed by atoms with Crippen LogP contribution in [-0.2, 0) is 19.6 Å². The van der Waals surface area contributed by atoms with E-state index >= 15 is 0 Å². The molecular weight excluding hydrogens is 370 g/mol. The van der Waals surface area contributed by atoms with Crippen molar-refractivity contribution in [1.29, 1.82) is 0 Å². The van der Waals surface area contributed by atoms with E-state index in [-0.39, 0.29) is 38.7 Å². The maximum absolute atomic E-state index is 12.2. The molecule has 1 fully saturated rings. The van der Waals surface area contributed by atoms with Crippen LogP contribution in [0, 0.1) is 0 Å². The molecule has 1 saturated heterocycles. The van der Waals surface area contributed by atoms with Gasteiger partial charge in [0.1, 0.15) is 0 Å². The molecule has 1 aromatic carbocycles. The Labute approximate surface area is 158 Å². The van der Waals surface area contributed by atoms with Crippen molar-refractivity contribution in [3.8, 4) is 5.69 Å². The zero-order valence-corrected chi connectivity index (χ0v) is 15.8. The van der Waals surface area contributed by atoms with Crippen LogP contribution >= 0.6 is 0 Å². The van der Waals surface area contributed by atoms with Crippen LogP contribution in [0.15, 0.2) is 48.8 Å². The number of carbonyl (C=O) groups excluding carboxylic acids is 2. The van der Waals surface area contributed by atoms with Crippen molar-refractivity contribution < 1.29 is 22.7 Å². The summed E-state index contributed by atoms with van der Waals surface area (Å²) in [6, 6.07) is 10.7. The second kappa shape index (κ2) is 7.93. The molecule has 1 aliphatic heterocycles. The fourth-order valence-corrected chi connectivity index (χ4v) is 3.67. The Kier molecular flexibility index (Phi) is 5.62. The lowest BCUT2D eigenvalue weighted by molar-refractivity contribution is -0.135. The van der Waals surface area contributed by atoms with E-state index < -0.39 is 16.0 Å². The van der Waals surface area contributed by atoms with Crippen molar-refractivity contribution in [2.45, 2.75) is 0 Å². The minimum atomic E-state index is -3.25. The molecular formula is C18H21N3O5S. The molecule has 1 amide bonds. The number of ether oxygens (including phenoxy) is 1. The van der Waals surface area contributed by atoms with Gasteiger partial charge in [-0.05, 0) is 36.4 Å². The molecule has 0 N–H and O–H groups in total. The van der Waals surface area contributed by atoms with E-state index in [1.54, 1.807) is 24.3 Å². The summed E-state index contributed by atoms with van der Waals surface area (Å²) >= 11 is 0. The highest BCUT2D eigenvalue weighted by molar-refractivity contribution is 7.88. The minimum Gasteiger partial charge on any atom is -0.452 e. The number of carbonyl (C=O) groups is 2. The van der Waals surface area contributed by atoms with Gasteiger partial charge in [-0.1, -0.05) is 0 Å². The monoisotopic (exact) mass is 391 g/mol. The van der Waals surface area contributed by atoms with Crippen LogP contribution in [0.5, 0.6) is 0 Å². The number of esters is 1. The van der Waals surface area contributed by atoms with E-state index in [0.717, 1.165) is 11.9 Å². The van der Waals surface area contributed by atoms with Gasteiger partial charge in [-0.25, -0.2) is 13.2 Å². The SMILES string of the molecule is CS(=O)(=O)N1CCN(C(=O)COC(=O)c2ccc(-n3cccc3)cc2)CC1. The van der Waals surface area contributed by atoms with Crippen molar-refractivity contribution in [2.75, 3.05) is 39.0 Å². The first-order chi connectivity index (χ1) is 12.8. The number of piperazine rings is 1. The van der Waals surface area contributed by atoms with Gasteiger partial charge < -0.3 is 14.2 Å². The Balaban J connectivity index is 1.50.